The predicted octanol–water partition coefficient (Wildman–Crippen LogP) is 1.17. The molecule has 2 rings (SSSR count). The van der Waals surface area contributed by atoms with E-state index in [9.17, 15) is 17.2 Å². The first-order chi connectivity index (χ1) is 8.49. The van der Waals surface area contributed by atoms with Crippen LogP contribution in [0.2, 0.25) is 0 Å². The van der Waals surface area contributed by atoms with Crippen LogP contribution in [0.15, 0.2) is 35.6 Å². The molecular formula is C10H9F2N3O2S. The maximum atomic E-state index is 13.3. The lowest BCUT2D eigenvalue weighted by atomic mass is 10.3. The quantitative estimate of drug-likeness (QED) is 0.878. The van der Waals surface area contributed by atoms with Crippen LogP contribution in [0.5, 0.6) is 0 Å². The summed E-state index contributed by atoms with van der Waals surface area (Å²) >= 11 is 0. The molecular weight excluding hydrogens is 264 g/mol. The lowest BCUT2D eigenvalue weighted by molar-refractivity contribution is 0.542. The first-order valence-corrected chi connectivity index (χ1v) is 6.39. The number of nitrogens with one attached hydrogen (secondary N) is 2. The van der Waals surface area contributed by atoms with E-state index < -0.39 is 26.6 Å². The molecule has 8 heteroatoms. The van der Waals surface area contributed by atoms with Gasteiger partial charge in [-0.25, -0.2) is 26.9 Å². The second-order valence-corrected chi connectivity index (χ2v) is 5.21. The van der Waals surface area contributed by atoms with Gasteiger partial charge in [-0.15, -0.1) is 0 Å². The van der Waals surface area contributed by atoms with Crippen molar-refractivity contribution in [2.75, 3.05) is 0 Å². The number of sulfonamides is 1. The third-order valence-corrected chi connectivity index (χ3v) is 3.63. The molecule has 0 saturated carbocycles. The molecule has 0 aliphatic rings. The summed E-state index contributed by atoms with van der Waals surface area (Å²) in [7, 11) is -4.02. The molecule has 0 spiro atoms. The Morgan fingerprint density at radius 3 is 2.72 bits per heavy atom. The van der Waals surface area contributed by atoms with Crippen molar-refractivity contribution in [1.29, 1.82) is 0 Å². The van der Waals surface area contributed by atoms with Crippen LogP contribution in [-0.2, 0) is 16.6 Å². The molecule has 18 heavy (non-hydrogen) atoms. The number of hydrogen-bond donors (Lipinski definition) is 2. The number of imidazole rings is 1. The predicted molar refractivity (Wildman–Crippen MR) is 59.0 cm³/mol. The number of halogens is 2. The Morgan fingerprint density at radius 1 is 1.33 bits per heavy atom. The van der Waals surface area contributed by atoms with Crippen LogP contribution < -0.4 is 4.72 Å². The molecule has 0 saturated heterocycles. The fraction of sp³-hybridized carbons (Fsp3) is 0.100. The average Bonchev–Trinajstić information content (AvgIpc) is 2.78. The van der Waals surface area contributed by atoms with Gasteiger partial charge in [0.1, 0.15) is 16.5 Å². The van der Waals surface area contributed by atoms with Crippen LogP contribution in [0.1, 0.15) is 5.69 Å². The van der Waals surface area contributed by atoms with Crippen molar-refractivity contribution in [3.8, 4) is 0 Å². The first-order valence-electron chi connectivity index (χ1n) is 4.91. The molecule has 1 aromatic carbocycles. The molecule has 1 aromatic heterocycles. The highest BCUT2D eigenvalue weighted by Crippen LogP contribution is 2.15. The second-order valence-electron chi connectivity index (χ2n) is 3.48. The molecule has 2 aromatic rings. The number of H-pyrrole nitrogens is 1. The molecule has 0 atom stereocenters. The smallest absolute Gasteiger partial charge is 0.243 e. The Labute approximate surface area is 102 Å². The molecule has 0 bridgehead atoms. The maximum absolute atomic E-state index is 13.3. The van der Waals surface area contributed by atoms with E-state index in [1.54, 1.807) is 0 Å². The Balaban J connectivity index is 2.20. The molecule has 0 aliphatic carbocycles. The molecule has 1 heterocycles. The monoisotopic (exact) mass is 273 g/mol. The Morgan fingerprint density at radius 2 is 2.11 bits per heavy atom. The normalized spacial score (nSPS) is 11.7. The number of aromatic nitrogens is 2. The summed E-state index contributed by atoms with van der Waals surface area (Å²) in [6, 6.07) is 2.28. The van der Waals surface area contributed by atoms with Gasteiger partial charge >= 0.3 is 0 Å². The maximum Gasteiger partial charge on any atom is 0.243 e. The number of hydrogen-bond acceptors (Lipinski definition) is 3. The summed E-state index contributed by atoms with van der Waals surface area (Å²) in [6.07, 6.45) is 2.83. The Hall–Kier alpha value is -1.80. The zero-order chi connectivity index (χ0) is 13.2. The Bertz CT molecular complexity index is 641. The third-order valence-electron chi connectivity index (χ3n) is 2.19. The van der Waals surface area contributed by atoms with Crippen LogP contribution in [-0.4, -0.2) is 18.4 Å². The molecule has 2 N–H and O–H groups in total. The van der Waals surface area contributed by atoms with Crippen LogP contribution >= 0.6 is 0 Å². The molecule has 0 aliphatic heterocycles. The van der Waals surface area contributed by atoms with Gasteiger partial charge in [-0.1, -0.05) is 0 Å². The molecule has 0 fully saturated rings. The summed E-state index contributed by atoms with van der Waals surface area (Å²) in [6.45, 7) is -0.0564. The van der Waals surface area contributed by atoms with Crippen LogP contribution in [0.25, 0.3) is 0 Å². The summed E-state index contributed by atoms with van der Waals surface area (Å²) < 4.78 is 51.7. The number of rotatable bonds is 4. The van der Waals surface area contributed by atoms with Crippen molar-refractivity contribution in [3.63, 3.8) is 0 Å². The summed E-state index contributed by atoms with van der Waals surface area (Å²) in [5.74, 6) is -1.97. The van der Waals surface area contributed by atoms with Gasteiger partial charge < -0.3 is 4.98 Å². The minimum Gasteiger partial charge on any atom is -0.347 e. The van der Waals surface area contributed by atoms with Gasteiger partial charge in [0.05, 0.1) is 12.9 Å². The summed E-state index contributed by atoms with van der Waals surface area (Å²) in [5.41, 5.74) is 0.529. The van der Waals surface area contributed by atoms with E-state index in [1.165, 1.54) is 12.5 Å². The molecule has 96 valence electrons. The van der Waals surface area contributed by atoms with Crippen LogP contribution in [0.3, 0.4) is 0 Å². The number of aromatic amines is 1. The van der Waals surface area contributed by atoms with Gasteiger partial charge in [0.15, 0.2) is 0 Å². The summed E-state index contributed by atoms with van der Waals surface area (Å²) in [5, 5.41) is 0. The molecule has 0 amide bonds. The van der Waals surface area contributed by atoms with E-state index in [-0.39, 0.29) is 6.54 Å². The molecule has 0 radical (unpaired) electrons. The van der Waals surface area contributed by atoms with E-state index in [0.717, 1.165) is 12.1 Å². The number of nitrogens with zero attached hydrogens (tertiary/aromatic N) is 1. The average molecular weight is 273 g/mol. The van der Waals surface area contributed by atoms with Gasteiger partial charge in [0.2, 0.25) is 10.0 Å². The highest BCUT2D eigenvalue weighted by molar-refractivity contribution is 7.89. The molecule has 5 nitrogen and oxygen atoms in total. The standard InChI is InChI=1S/C10H9F2N3O2S/c11-7-1-2-10(9(12)3-7)18(16,17)15-5-8-4-13-6-14-8/h1-4,6,15H,5H2,(H,13,14). The SMILES string of the molecule is O=S(=O)(NCc1cnc[nH]1)c1ccc(F)cc1F. The first kappa shape index (κ1) is 12.7. The zero-order valence-electron chi connectivity index (χ0n) is 9.02. The van der Waals surface area contributed by atoms with Gasteiger partial charge in [0.25, 0.3) is 0 Å². The van der Waals surface area contributed by atoms with Gasteiger partial charge in [-0.2, -0.15) is 0 Å². The minimum absolute atomic E-state index is 0.0564. The van der Waals surface area contributed by atoms with Crippen molar-refractivity contribution in [3.05, 3.63) is 48.1 Å². The van der Waals surface area contributed by atoms with E-state index in [1.807, 2.05) is 0 Å². The zero-order valence-corrected chi connectivity index (χ0v) is 9.84. The fourth-order valence-corrected chi connectivity index (χ4v) is 2.39. The largest absolute Gasteiger partial charge is 0.347 e. The topological polar surface area (TPSA) is 74.8 Å². The van der Waals surface area contributed by atoms with Crippen LogP contribution in [0.4, 0.5) is 8.78 Å². The van der Waals surface area contributed by atoms with Gasteiger partial charge in [0, 0.05) is 18.0 Å². The van der Waals surface area contributed by atoms with Crippen LogP contribution in [0, 0.1) is 11.6 Å². The lowest BCUT2D eigenvalue weighted by Crippen LogP contribution is -2.24. The van der Waals surface area contributed by atoms with E-state index >= 15 is 0 Å². The Kier molecular flexibility index (Phi) is 3.39. The highest BCUT2D eigenvalue weighted by atomic mass is 32.2. The van der Waals surface area contributed by atoms with Crippen molar-refractivity contribution in [2.45, 2.75) is 11.4 Å². The van der Waals surface area contributed by atoms with Crippen molar-refractivity contribution in [2.24, 2.45) is 0 Å². The summed E-state index contributed by atoms with van der Waals surface area (Å²) in [4.78, 5) is 5.81. The minimum atomic E-state index is -4.02. The van der Waals surface area contributed by atoms with E-state index in [2.05, 4.69) is 14.7 Å². The van der Waals surface area contributed by atoms with Crippen molar-refractivity contribution < 1.29 is 17.2 Å². The van der Waals surface area contributed by atoms with E-state index in [4.69, 9.17) is 0 Å². The van der Waals surface area contributed by atoms with Crippen molar-refractivity contribution in [1.82, 2.24) is 14.7 Å². The van der Waals surface area contributed by atoms with Gasteiger partial charge in [-0.3, -0.25) is 0 Å². The van der Waals surface area contributed by atoms with Gasteiger partial charge in [-0.05, 0) is 12.1 Å². The highest BCUT2D eigenvalue weighted by Gasteiger charge is 2.19. The fourth-order valence-electron chi connectivity index (χ4n) is 1.33. The van der Waals surface area contributed by atoms with E-state index in [0.29, 0.717) is 11.8 Å². The second kappa shape index (κ2) is 4.83. The van der Waals surface area contributed by atoms with Crippen molar-refractivity contribution >= 4 is 10.0 Å². The number of benzene rings is 1. The lowest BCUT2D eigenvalue weighted by Gasteiger charge is -2.06. The third kappa shape index (κ3) is 2.71. The molecule has 0 unspecified atom stereocenters.